The van der Waals surface area contributed by atoms with Crippen molar-refractivity contribution in [1.82, 2.24) is 4.98 Å². The van der Waals surface area contributed by atoms with Crippen LogP contribution in [0.2, 0.25) is 0 Å². The number of pyridine rings is 1. The molecule has 0 spiro atoms. The van der Waals surface area contributed by atoms with E-state index >= 15 is 0 Å². The van der Waals surface area contributed by atoms with Crippen LogP contribution in [0.3, 0.4) is 0 Å². The van der Waals surface area contributed by atoms with E-state index in [2.05, 4.69) is 10.3 Å². The molecule has 0 saturated heterocycles. The molecule has 0 aliphatic heterocycles. The standard InChI is InChI=1S/C17H18N2O4S/c1-3-22-16-14(8-5-9-18-16)17(21)23-11-15(20)19-12-6-4-7-13(10-12)24-2/h4-10H,3,11H2,1-2H3,(H,19,20). The highest BCUT2D eigenvalue weighted by atomic mass is 32.2. The maximum atomic E-state index is 12.1. The second kappa shape index (κ2) is 8.93. The average Bonchev–Trinajstić information content (AvgIpc) is 2.60. The van der Waals surface area contributed by atoms with E-state index in [0.717, 1.165) is 4.90 Å². The largest absolute Gasteiger partial charge is 0.477 e. The lowest BCUT2D eigenvalue weighted by atomic mass is 10.3. The van der Waals surface area contributed by atoms with Gasteiger partial charge in [-0.1, -0.05) is 6.07 Å². The number of ether oxygens (including phenoxy) is 2. The molecule has 0 atom stereocenters. The molecule has 1 N–H and O–H groups in total. The fraction of sp³-hybridized carbons (Fsp3) is 0.235. The van der Waals surface area contributed by atoms with E-state index in [4.69, 9.17) is 9.47 Å². The third kappa shape index (κ3) is 4.99. The van der Waals surface area contributed by atoms with Gasteiger partial charge in [0.05, 0.1) is 6.61 Å². The van der Waals surface area contributed by atoms with Gasteiger partial charge in [-0.25, -0.2) is 9.78 Å². The lowest BCUT2D eigenvalue weighted by Crippen LogP contribution is -2.21. The Morgan fingerprint density at radius 1 is 1.25 bits per heavy atom. The number of rotatable bonds is 7. The Hall–Kier alpha value is -2.54. The quantitative estimate of drug-likeness (QED) is 0.613. The van der Waals surface area contributed by atoms with Gasteiger partial charge in [0.15, 0.2) is 6.61 Å². The van der Waals surface area contributed by atoms with Gasteiger partial charge in [-0.15, -0.1) is 11.8 Å². The average molecular weight is 346 g/mol. The normalized spacial score (nSPS) is 10.1. The van der Waals surface area contributed by atoms with Crippen molar-refractivity contribution in [3.63, 3.8) is 0 Å². The summed E-state index contributed by atoms with van der Waals surface area (Å²) in [6.45, 7) is 1.78. The van der Waals surface area contributed by atoms with Crippen molar-refractivity contribution < 1.29 is 19.1 Å². The first-order valence-electron chi connectivity index (χ1n) is 7.33. The molecule has 0 bridgehead atoms. The third-order valence-corrected chi connectivity index (χ3v) is 3.69. The Morgan fingerprint density at radius 3 is 2.83 bits per heavy atom. The number of hydrogen-bond donors (Lipinski definition) is 1. The molecule has 2 aromatic rings. The summed E-state index contributed by atoms with van der Waals surface area (Å²) >= 11 is 1.57. The zero-order valence-electron chi connectivity index (χ0n) is 13.4. The zero-order chi connectivity index (χ0) is 17.4. The molecule has 6 nitrogen and oxygen atoms in total. The molecule has 0 aliphatic carbocycles. The summed E-state index contributed by atoms with van der Waals surface area (Å²) in [6, 6.07) is 10.6. The van der Waals surface area contributed by atoms with Gasteiger partial charge in [-0.3, -0.25) is 4.79 Å². The van der Waals surface area contributed by atoms with Crippen molar-refractivity contribution in [2.45, 2.75) is 11.8 Å². The molecular weight excluding hydrogens is 328 g/mol. The molecule has 126 valence electrons. The van der Waals surface area contributed by atoms with E-state index in [1.165, 1.54) is 6.20 Å². The number of carbonyl (C=O) groups is 2. The summed E-state index contributed by atoms with van der Waals surface area (Å²) in [5.74, 6) is -0.874. The number of esters is 1. The van der Waals surface area contributed by atoms with Gasteiger partial charge in [0.1, 0.15) is 5.56 Å². The summed E-state index contributed by atoms with van der Waals surface area (Å²) < 4.78 is 10.3. The summed E-state index contributed by atoms with van der Waals surface area (Å²) in [7, 11) is 0. The van der Waals surface area contributed by atoms with E-state index in [1.807, 2.05) is 24.5 Å². The molecule has 1 aromatic carbocycles. The number of nitrogens with one attached hydrogen (secondary N) is 1. The Bertz CT molecular complexity index is 721. The molecule has 0 saturated carbocycles. The second-order valence-corrected chi connectivity index (χ2v) is 5.53. The molecule has 0 aliphatic rings. The smallest absolute Gasteiger partial charge is 0.344 e. The van der Waals surface area contributed by atoms with Crippen LogP contribution in [-0.4, -0.2) is 36.3 Å². The Labute approximate surface area is 144 Å². The number of carbonyl (C=O) groups excluding carboxylic acids is 2. The van der Waals surface area contributed by atoms with Crippen LogP contribution in [0, 0.1) is 0 Å². The fourth-order valence-electron chi connectivity index (χ4n) is 1.90. The third-order valence-electron chi connectivity index (χ3n) is 2.96. The molecule has 0 radical (unpaired) electrons. The van der Waals surface area contributed by atoms with Crippen molar-refractivity contribution in [1.29, 1.82) is 0 Å². The monoisotopic (exact) mass is 346 g/mol. The number of hydrogen-bond acceptors (Lipinski definition) is 6. The number of thioether (sulfide) groups is 1. The first kappa shape index (κ1) is 17.8. The van der Waals surface area contributed by atoms with Crippen molar-refractivity contribution in [3.05, 3.63) is 48.2 Å². The number of benzene rings is 1. The summed E-state index contributed by atoms with van der Waals surface area (Å²) in [5, 5.41) is 2.69. The van der Waals surface area contributed by atoms with E-state index in [9.17, 15) is 9.59 Å². The molecule has 1 aromatic heterocycles. The molecule has 0 fully saturated rings. The van der Waals surface area contributed by atoms with Crippen molar-refractivity contribution in [2.75, 3.05) is 24.8 Å². The number of amides is 1. The minimum atomic E-state index is -0.653. The predicted molar refractivity (Wildman–Crippen MR) is 92.5 cm³/mol. The van der Waals surface area contributed by atoms with Crippen molar-refractivity contribution >= 4 is 29.3 Å². The molecule has 0 unspecified atom stereocenters. The summed E-state index contributed by atoms with van der Waals surface area (Å²) in [6.07, 6.45) is 3.47. The van der Waals surface area contributed by atoms with Gasteiger partial charge in [-0.05, 0) is 43.5 Å². The number of anilines is 1. The zero-order valence-corrected chi connectivity index (χ0v) is 14.3. The summed E-state index contributed by atoms with van der Waals surface area (Å²) in [5.41, 5.74) is 0.843. The van der Waals surface area contributed by atoms with Gasteiger partial charge in [-0.2, -0.15) is 0 Å². The minimum Gasteiger partial charge on any atom is -0.477 e. The van der Waals surface area contributed by atoms with Crippen LogP contribution in [-0.2, 0) is 9.53 Å². The molecule has 1 heterocycles. The first-order chi connectivity index (χ1) is 11.6. The number of nitrogens with zero attached hydrogens (tertiary/aromatic N) is 1. The Kier molecular flexibility index (Phi) is 6.62. The van der Waals surface area contributed by atoms with Gasteiger partial charge in [0.2, 0.25) is 5.88 Å². The van der Waals surface area contributed by atoms with E-state index in [1.54, 1.807) is 36.9 Å². The van der Waals surface area contributed by atoms with Gasteiger partial charge in [0, 0.05) is 16.8 Å². The van der Waals surface area contributed by atoms with Crippen molar-refractivity contribution in [3.8, 4) is 5.88 Å². The van der Waals surface area contributed by atoms with Crippen LogP contribution in [0.1, 0.15) is 17.3 Å². The van der Waals surface area contributed by atoms with Crippen LogP contribution in [0.25, 0.3) is 0 Å². The van der Waals surface area contributed by atoms with Crippen LogP contribution >= 0.6 is 11.8 Å². The van der Waals surface area contributed by atoms with Gasteiger partial charge < -0.3 is 14.8 Å². The van der Waals surface area contributed by atoms with Gasteiger partial charge >= 0.3 is 5.97 Å². The molecule has 24 heavy (non-hydrogen) atoms. The lowest BCUT2D eigenvalue weighted by Gasteiger charge is -2.09. The lowest BCUT2D eigenvalue weighted by molar-refractivity contribution is -0.119. The minimum absolute atomic E-state index is 0.191. The molecule has 1 amide bonds. The van der Waals surface area contributed by atoms with Crippen molar-refractivity contribution in [2.24, 2.45) is 0 Å². The van der Waals surface area contributed by atoms with E-state index < -0.39 is 11.9 Å². The summed E-state index contributed by atoms with van der Waals surface area (Å²) in [4.78, 5) is 29.0. The van der Waals surface area contributed by atoms with Gasteiger partial charge in [0.25, 0.3) is 5.91 Å². The highest BCUT2D eigenvalue weighted by Gasteiger charge is 2.16. The predicted octanol–water partition coefficient (Wildman–Crippen LogP) is 3.00. The second-order valence-electron chi connectivity index (χ2n) is 4.65. The molecule has 7 heteroatoms. The van der Waals surface area contributed by atoms with Crippen LogP contribution in [0.5, 0.6) is 5.88 Å². The van der Waals surface area contributed by atoms with Crippen LogP contribution < -0.4 is 10.1 Å². The molecule has 2 rings (SSSR count). The SMILES string of the molecule is CCOc1ncccc1C(=O)OCC(=O)Nc1cccc(SC)c1. The van der Waals surface area contributed by atoms with Crippen LogP contribution in [0.4, 0.5) is 5.69 Å². The fourth-order valence-corrected chi connectivity index (χ4v) is 2.36. The Balaban J connectivity index is 1.92. The van der Waals surface area contributed by atoms with Crippen LogP contribution in [0.15, 0.2) is 47.5 Å². The maximum absolute atomic E-state index is 12.1. The maximum Gasteiger partial charge on any atom is 0.344 e. The first-order valence-corrected chi connectivity index (χ1v) is 8.55. The highest BCUT2D eigenvalue weighted by molar-refractivity contribution is 7.98. The topological polar surface area (TPSA) is 77.5 Å². The van der Waals surface area contributed by atoms with E-state index in [-0.39, 0.29) is 18.1 Å². The highest BCUT2D eigenvalue weighted by Crippen LogP contribution is 2.19. The van der Waals surface area contributed by atoms with E-state index in [0.29, 0.717) is 12.3 Å². The number of aromatic nitrogens is 1. The Morgan fingerprint density at radius 2 is 2.08 bits per heavy atom. The molecular formula is C17H18N2O4S.